The summed E-state index contributed by atoms with van der Waals surface area (Å²) in [7, 11) is 0. The molecule has 1 N–H and O–H groups in total. The van der Waals surface area contributed by atoms with Gasteiger partial charge in [0.1, 0.15) is 6.10 Å². The van der Waals surface area contributed by atoms with Crippen LogP contribution in [0.25, 0.3) is 0 Å². The first kappa shape index (κ1) is 15.6. The van der Waals surface area contributed by atoms with Crippen molar-refractivity contribution < 1.29 is 14.7 Å². The molecular weight excluding hydrogens is 288 g/mol. The number of aliphatic hydroxyl groups is 1. The fourth-order valence-electron chi connectivity index (χ4n) is 6.83. The zero-order valence-corrected chi connectivity index (χ0v) is 14.5. The van der Waals surface area contributed by atoms with Crippen LogP contribution < -0.4 is 0 Å². The summed E-state index contributed by atoms with van der Waals surface area (Å²) >= 11 is 0. The molecule has 0 amide bonds. The van der Waals surface area contributed by atoms with E-state index in [9.17, 15) is 14.7 Å². The van der Waals surface area contributed by atoms with Crippen molar-refractivity contribution in [1.82, 2.24) is 0 Å². The molecule has 4 rings (SSSR count). The number of carbonyl (C=O) groups excluding carboxylic acids is 2. The van der Waals surface area contributed by atoms with E-state index in [0.717, 1.165) is 25.7 Å². The van der Waals surface area contributed by atoms with Crippen LogP contribution in [0.15, 0.2) is 11.6 Å². The van der Waals surface area contributed by atoms with Gasteiger partial charge >= 0.3 is 0 Å². The Morgan fingerprint density at radius 3 is 2.57 bits per heavy atom. The molecule has 0 heterocycles. The highest BCUT2D eigenvalue weighted by Gasteiger charge is 2.62. The number of hydrogen-bond donors (Lipinski definition) is 1. The summed E-state index contributed by atoms with van der Waals surface area (Å²) in [6.45, 7) is 6.63. The van der Waals surface area contributed by atoms with Gasteiger partial charge in [-0.05, 0) is 67.8 Å². The Balaban J connectivity index is 1.73. The van der Waals surface area contributed by atoms with E-state index in [1.807, 2.05) is 6.08 Å². The lowest BCUT2D eigenvalue weighted by Crippen LogP contribution is -2.54. The summed E-state index contributed by atoms with van der Waals surface area (Å²) in [6, 6.07) is 0. The monoisotopic (exact) mass is 316 g/mol. The first-order valence-electron chi connectivity index (χ1n) is 9.21. The predicted molar refractivity (Wildman–Crippen MR) is 87.7 cm³/mol. The zero-order valence-electron chi connectivity index (χ0n) is 14.5. The van der Waals surface area contributed by atoms with Crippen molar-refractivity contribution in [3.05, 3.63) is 11.6 Å². The van der Waals surface area contributed by atoms with Crippen molar-refractivity contribution in [1.29, 1.82) is 0 Å². The third kappa shape index (κ3) is 1.86. The number of fused-ring (bicyclic) bond motifs is 5. The number of aliphatic hydroxyl groups excluding tert-OH is 1. The summed E-state index contributed by atoms with van der Waals surface area (Å²) < 4.78 is 0. The molecule has 0 radical (unpaired) electrons. The largest absolute Gasteiger partial charge is 0.385 e. The van der Waals surface area contributed by atoms with Crippen LogP contribution in [0, 0.1) is 34.5 Å². The molecule has 0 aromatic carbocycles. The second-order valence-electron chi connectivity index (χ2n) is 9.05. The quantitative estimate of drug-likeness (QED) is 0.746. The van der Waals surface area contributed by atoms with E-state index in [2.05, 4.69) is 20.8 Å². The van der Waals surface area contributed by atoms with Gasteiger partial charge in [-0.1, -0.05) is 19.4 Å². The number of Topliss-reactive ketones (excluding diaryl/α,β-unsaturated/α-hetero) is 1. The van der Waals surface area contributed by atoms with Crippen molar-refractivity contribution in [3.8, 4) is 0 Å². The van der Waals surface area contributed by atoms with Crippen LogP contribution in [0.5, 0.6) is 0 Å². The van der Waals surface area contributed by atoms with Crippen LogP contribution in [0.1, 0.15) is 59.3 Å². The minimum atomic E-state index is -0.761. The number of rotatable bonds is 0. The van der Waals surface area contributed by atoms with Gasteiger partial charge in [-0.3, -0.25) is 9.59 Å². The SMILES string of the molecule is CC1=CC(=O)C[C@@H]2CC[C@H]3[C@@H]4CC(=O)[C@H](O)[C@@]4(C)CC[C@@H]3[C@@]12C. The first-order chi connectivity index (χ1) is 10.8. The second-order valence-corrected chi connectivity index (χ2v) is 9.05. The van der Waals surface area contributed by atoms with Gasteiger partial charge in [-0.15, -0.1) is 0 Å². The normalized spacial score (nSPS) is 52.5. The Hall–Kier alpha value is -0.960. The Kier molecular flexibility index (Phi) is 3.23. The molecular formula is C20H28O3. The van der Waals surface area contributed by atoms with Gasteiger partial charge in [0.2, 0.25) is 0 Å². The van der Waals surface area contributed by atoms with Gasteiger partial charge in [0, 0.05) is 18.3 Å². The molecule has 0 aliphatic heterocycles. The van der Waals surface area contributed by atoms with Crippen molar-refractivity contribution in [2.45, 2.75) is 65.4 Å². The molecule has 3 nitrogen and oxygen atoms in total. The lowest BCUT2D eigenvalue weighted by Gasteiger charge is -2.59. The minimum absolute atomic E-state index is 0.0523. The number of carbonyl (C=O) groups is 2. The van der Waals surface area contributed by atoms with E-state index < -0.39 is 6.10 Å². The maximum atomic E-state index is 12.2. The fourth-order valence-corrected chi connectivity index (χ4v) is 6.83. The number of ketones is 2. The number of allylic oxidation sites excluding steroid dienone is 2. The Bertz CT molecular complexity index is 606. The summed E-state index contributed by atoms with van der Waals surface area (Å²) in [5, 5.41) is 10.4. The molecule has 7 atom stereocenters. The van der Waals surface area contributed by atoms with Crippen molar-refractivity contribution in [2.24, 2.45) is 34.5 Å². The highest BCUT2D eigenvalue weighted by Crippen LogP contribution is 2.65. The van der Waals surface area contributed by atoms with Crippen LogP contribution in [0.4, 0.5) is 0 Å². The molecule has 0 aromatic heterocycles. The van der Waals surface area contributed by atoms with E-state index in [4.69, 9.17) is 0 Å². The van der Waals surface area contributed by atoms with Crippen molar-refractivity contribution in [2.75, 3.05) is 0 Å². The lowest BCUT2D eigenvalue weighted by atomic mass is 9.45. The molecule has 4 aliphatic rings. The molecule has 0 bridgehead atoms. The molecule has 0 saturated heterocycles. The number of hydrogen-bond acceptors (Lipinski definition) is 3. The van der Waals surface area contributed by atoms with Gasteiger partial charge in [0.15, 0.2) is 11.6 Å². The molecule has 0 aromatic rings. The highest BCUT2D eigenvalue weighted by atomic mass is 16.3. The molecule has 3 heteroatoms. The highest BCUT2D eigenvalue weighted by molar-refractivity contribution is 5.92. The Morgan fingerprint density at radius 2 is 1.83 bits per heavy atom. The molecule has 126 valence electrons. The van der Waals surface area contributed by atoms with Crippen LogP contribution >= 0.6 is 0 Å². The molecule has 4 aliphatic carbocycles. The summed E-state index contributed by atoms with van der Waals surface area (Å²) in [6.07, 6.45) is 6.59. The summed E-state index contributed by atoms with van der Waals surface area (Å²) in [5.41, 5.74) is 1.14. The van der Waals surface area contributed by atoms with E-state index in [1.165, 1.54) is 5.57 Å². The molecule has 0 spiro atoms. The lowest BCUT2D eigenvalue weighted by molar-refractivity contribution is -0.131. The second kappa shape index (κ2) is 4.78. The van der Waals surface area contributed by atoms with E-state index in [0.29, 0.717) is 36.5 Å². The van der Waals surface area contributed by atoms with Crippen molar-refractivity contribution in [3.63, 3.8) is 0 Å². The average molecular weight is 316 g/mol. The van der Waals surface area contributed by atoms with E-state index in [1.54, 1.807) is 0 Å². The van der Waals surface area contributed by atoms with Crippen LogP contribution in [-0.4, -0.2) is 22.8 Å². The van der Waals surface area contributed by atoms with Crippen molar-refractivity contribution >= 4 is 11.6 Å². The van der Waals surface area contributed by atoms with Crippen LogP contribution in [-0.2, 0) is 9.59 Å². The maximum absolute atomic E-state index is 12.2. The third-order valence-electron chi connectivity index (χ3n) is 8.37. The van der Waals surface area contributed by atoms with Crippen LogP contribution in [0.3, 0.4) is 0 Å². The topological polar surface area (TPSA) is 54.4 Å². The average Bonchev–Trinajstić information content (AvgIpc) is 2.73. The van der Waals surface area contributed by atoms with Gasteiger partial charge < -0.3 is 5.11 Å². The Morgan fingerprint density at radius 1 is 1.09 bits per heavy atom. The molecule has 0 unspecified atom stereocenters. The smallest absolute Gasteiger partial charge is 0.162 e. The zero-order chi connectivity index (χ0) is 16.6. The predicted octanol–water partition coefficient (Wildman–Crippen LogP) is 3.30. The molecule has 23 heavy (non-hydrogen) atoms. The summed E-state index contributed by atoms with van der Waals surface area (Å²) in [5.74, 6) is 2.21. The third-order valence-corrected chi connectivity index (χ3v) is 8.37. The minimum Gasteiger partial charge on any atom is -0.385 e. The van der Waals surface area contributed by atoms with Gasteiger partial charge in [0.25, 0.3) is 0 Å². The van der Waals surface area contributed by atoms with Gasteiger partial charge in [-0.25, -0.2) is 0 Å². The van der Waals surface area contributed by atoms with E-state index >= 15 is 0 Å². The Labute approximate surface area is 138 Å². The van der Waals surface area contributed by atoms with Crippen LogP contribution in [0.2, 0.25) is 0 Å². The molecule has 3 saturated carbocycles. The molecule has 3 fully saturated rings. The summed E-state index contributed by atoms with van der Waals surface area (Å²) in [4.78, 5) is 24.2. The first-order valence-corrected chi connectivity index (χ1v) is 9.21. The maximum Gasteiger partial charge on any atom is 0.162 e. The van der Waals surface area contributed by atoms with Gasteiger partial charge in [0.05, 0.1) is 0 Å². The fraction of sp³-hybridized carbons (Fsp3) is 0.800. The van der Waals surface area contributed by atoms with Gasteiger partial charge in [-0.2, -0.15) is 0 Å². The standard InChI is InChI=1S/C20H28O3/c1-11-8-13(21)9-12-4-5-14-15(20(11,12)3)6-7-19(2)16(14)10-17(22)18(19)23/h8,12,14-16,18,23H,4-7,9-10H2,1-3H3/t12-,14+,15-,16-,18-,19-,20-/m0/s1. The van der Waals surface area contributed by atoms with E-state index in [-0.39, 0.29) is 22.4 Å².